The van der Waals surface area contributed by atoms with E-state index >= 15 is 0 Å². The fraction of sp³-hybridized carbons (Fsp3) is 0.328. The molecule has 13 nitrogen and oxygen atoms in total. The topological polar surface area (TPSA) is 164 Å². The summed E-state index contributed by atoms with van der Waals surface area (Å²) in [6.07, 6.45) is 12.2. The Morgan fingerprint density at radius 2 is 1.47 bits per heavy atom. The highest BCUT2D eigenvalue weighted by molar-refractivity contribution is 7.80. The van der Waals surface area contributed by atoms with Crippen LogP contribution in [0, 0.1) is 18.8 Å². The maximum atomic E-state index is 13.5. The van der Waals surface area contributed by atoms with Gasteiger partial charge in [-0.25, -0.2) is 14.5 Å². The van der Waals surface area contributed by atoms with Gasteiger partial charge in [0.2, 0.25) is 0 Å². The lowest BCUT2D eigenvalue weighted by molar-refractivity contribution is -0.143. The fourth-order valence-corrected chi connectivity index (χ4v) is 10.6. The number of piperidine rings is 1. The number of benzene rings is 5. The Bertz CT molecular complexity index is 3110. The predicted molar refractivity (Wildman–Crippen MR) is 288 cm³/mol. The highest BCUT2D eigenvalue weighted by Crippen LogP contribution is 2.57. The van der Waals surface area contributed by atoms with Crippen molar-refractivity contribution >= 4 is 58.3 Å². The van der Waals surface area contributed by atoms with Crippen molar-refractivity contribution < 1.29 is 38.8 Å². The normalized spacial score (nSPS) is 14.2. The first-order valence-electron chi connectivity index (χ1n) is 25.3. The molecule has 0 saturated carbocycles. The highest BCUT2D eigenvalue weighted by atomic mass is 35.5. The number of thiocarbonyl (C=S) groups is 1. The molecular formula is C58H57Cl2N5O8S. The van der Waals surface area contributed by atoms with Crippen LogP contribution < -0.4 is 15.5 Å². The van der Waals surface area contributed by atoms with E-state index in [-0.39, 0.29) is 30.0 Å². The smallest absolute Gasteiger partial charge is 0.340 e. The summed E-state index contributed by atoms with van der Waals surface area (Å²) >= 11 is 18.6. The average molecular weight is 1060 g/mol. The number of hydrogen-bond acceptors (Lipinski definition) is 11. The number of aromatic nitrogens is 2. The number of fused-ring (bicyclic) bond motifs is 6. The molecule has 1 aromatic heterocycles. The van der Waals surface area contributed by atoms with Gasteiger partial charge in [0, 0.05) is 88.6 Å². The van der Waals surface area contributed by atoms with Crippen LogP contribution in [-0.4, -0.2) is 74.1 Å². The molecule has 6 aromatic rings. The molecule has 16 heteroatoms. The number of nitrogens with one attached hydrogen (secondary N) is 2. The quantitative estimate of drug-likeness (QED) is 0.0279. The Labute approximate surface area is 446 Å². The molecule has 0 atom stereocenters. The van der Waals surface area contributed by atoms with Crippen molar-refractivity contribution in [2.45, 2.75) is 96.0 Å². The number of unbranched alkanes of at least 4 members (excludes halogenated alkanes) is 7. The lowest BCUT2D eigenvalue weighted by Gasteiger charge is -2.36. The second-order valence-corrected chi connectivity index (χ2v) is 20.0. The van der Waals surface area contributed by atoms with Crippen molar-refractivity contribution in [3.63, 3.8) is 0 Å². The van der Waals surface area contributed by atoms with Gasteiger partial charge >= 0.3 is 11.9 Å². The van der Waals surface area contributed by atoms with Crippen LogP contribution >= 0.6 is 35.4 Å². The number of hydrogen-bond donors (Lipinski definition) is 4. The minimum absolute atomic E-state index is 0.00289. The monoisotopic (exact) mass is 1050 g/mol. The van der Waals surface area contributed by atoms with E-state index in [4.69, 9.17) is 54.7 Å². The Balaban J connectivity index is 0.658. The number of aromatic hydroxyl groups is 2. The van der Waals surface area contributed by atoms with Gasteiger partial charge in [0.05, 0.1) is 22.0 Å². The van der Waals surface area contributed by atoms with Gasteiger partial charge in [0.25, 0.3) is 5.91 Å². The molecule has 1 spiro atoms. The molecule has 4 N–H and O–H groups in total. The number of ether oxygens (including phenoxy) is 3. The first kappa shape index (κ1) is 52.0. The molecule has 74 heavy (non-hydrogen) atoms. The van der Waals surface area contributed by atoms with E-state index in [2.05, 4.69) is 22.6 Å². The fourth-order valence-electron chi connectivity index (χ4n) is 9.85. The number of carbonyl (C=O) groups excluding carboxylic acids is 3. The zero-order valence-corrected chi connectivity index (χ0v) is 43.4. The van der Waals surface area contributed by atoms with Crippen LogP contribution in [0.5, 0.6) is 23.0 Å². The second kappa shape index (κ2) is 23.5. The minimum Gasteiger partial charge on any atom is -0.508 e. The van der Waals surface area contributed by atoms with E-state index in [1.807, 2.05) is 48.3 Å². The van der Waals surface area contributed by atoms with Crippen LogP contribution in [0.25, 0.3) is 16.9 Å². The van der Waals surface area contributed by atoms with Gasteiger partial charge in [-0.2, -0.15) is 5.10 Å². The maximum Gasteiger partial charge on any atom is 0.340 e. The van der Waals surface area contributed by atoms with Gasteiger partial charge in [0.15, 0.2) is 11.3 Å². The van der Waals surface area contributed by atoms with Crippen LogP contribution in [0.4, 0.5) is 0 Å². The standard InChI is InChI=1S/C58H57Cl2N5O8S/c1-37-53(55(69)63-64-30-12-8-13-31-64)62-65(49-28-22-41(59)34-48(49)60)54(37)39-19-17-38(18-20-39)15-10-14-32-71-52(68)16-9-6-4-2-3-5-7-11-29-61-56(74)40-21-25-45-44(33-40)57(70)73-58(45)46-26-23-42(66)35-50(46)72-51-36-43(67)24-27-47(51)58/h17-28,33-36,66-67H,2-9,11-14,16,29-32H2,1H3,(H,61,74)(H,63,69). The first-order valence-corrected chi connectivity index (χ1v) is 26.4. The van der Waals surface area contributed by atoms with E-state index < -0.39 is 11.6 Å². The molecule has 382 valence electrons. The van der Waals surface area contributed by atoms with E-state index in [0.717, 1.165) is 106 Å². The molecule has 1 amide bonds. The Morgan fingerprint density at radius 1 is 0.811 bits per heavy atom. The number of carbonyl (C=O) groups is 3. The summed E-state index contributed by atoms with van der Waals surface area (Å²) in [5, 5.41) is 31.4. The number of hydrazine groups is 1. The number of halogens is 2. The van der Waals surface area contributed by atoms with Crippen LogP contribution in [0.3, 0.4) is 0 Å². The van der Waals surface area contributed by atoms with Gasteiger partial charge < -0.3 is 29.7 Å². The molecule has 3 aliphatic rings. The average Bonchev–Trinajstić information content (AvgIpc) is 3.90. The number of phenolic OH excluding ortho intramolecular Hbond substituents is 2. The van der Waals surface area contributed by atoms with Crippen LogP contribution in [0.2, 0.25) is 10.0 Å². The van der Waals surface area contributed by atoms with E-state index in [1.165, 1.54) is 24.3 Å². The number of rotatable bonds is 18. The van der Waals surface area contributed by atoms with Crippen molar-refractivity contribution in [3.8, 4) is 51.8 Å². The Kier molecular flexibility index (Phi) is 16.5. The zero-order valence-electron chi connectivity index (χ0n) is 41.1. The first-order chi connectivity index (χ1) is 35.9. The van der Waals surface area contributed by atoms with E-state index in [9.17, 15) is 24.6 Å². The molecular weight excluding hydrogens is 998 g/mol. The second-order valence-electron chi connectivity index (χ2n) is 18.8. The summed E-state index contributed by atoms with van der Waals surface area (Å²) in [5.41, 5.74) is 8.59. The zero-order chi connectivity index (χ0) is 51.8. The van der Waals surface area contributed by atoms with Crippen LogP contribution in [-0.2, 0) is 19.9 Å². The van der Waals surface area contributed by atoms with Gasteiger partial charge in [-0.15, -0.1) is 0 Å². The highest BCUT2D eigenvalue weighted by Gasteiger charge is 2.53. The SMILES string of the molecule is Cc1c(C(=O)NN2CCCCC2)nn(-c2ccc(Cl)cc2Cl)c1-c1ccc(C#CCCOC(=O)CCCCCCCCCCNC(=S)c2ccc3c(c2)C(=O)OC32c3ccc(O)cc3Oc3cc(O)ccc32)cc1. The molecule has 0 bridgehead atoms. The van der Waals surface area contributed by atoms with Gasteiger partial charge in [-0.3, -0.25) is 15.0 Å². The summed E-state index contributed by atoms with van der Waals surface area (Å²) in [7, 11) is 0. The predicted octanol–water partition coefficient (Wildman–Crippen LogP) is 12.0. The van der Waals surface area contributed by atoms with Crippen LogP contribution in [0.1, 0.15) is 138 Å². The molecule has 1 fully saturated rings. The number of esters is 2. The Hall–Kier alpha value is -6.89. The summed E-state index contributed by atoms with van der Waals surface area (Å²) in [6, 6.07) is 27.8. The van der Waals surface area contributed by atoms with E-state index in [0.29, 0.717) is 85.1 Å². The van der Waals surface area contributed by atoms with E-state index in [1.54, 1.807) is 41.1 Å². The molecule has 0 aliphatic carbocycles. The van der Waals surface area contributed by atoms with Crippen molar-refractivity contribution in [2.24, 2.45) is 0 Å². The molecule has 0 radical (unpaired) electrons. The molecule has 5 aromatic carbocycles. The maximum absolute atomic E-state index is 13.5. The lowest BCUT2D eigenvalue weighted by atomic mass is 9.77. The van der Waals surface area contributed by atoms with Crippen LogP contribution in [0.15, 0.2) is 97.1 Å². The summed E-state index contributed by atoms with van der Waals surface area (Å²) in [6.45, 7) is 4.43. The summed E-state index contributed by atoms with van der Waals surface area (Å²) in [4.78, 5) is 39.9. The number of nitrogens with zero attached hydrogens (tertiary/aromatic N) is 3. The van der Waals surface area contributed by atoms with Crippen molar-refractivity contribution in [3.05, 3.63) is 152 Å². The number of amides is 1. The Morgan fingerprint density at radius 3 is 2.16 bits per heavy atom. The summed E-state index contributed by atoms with van der Waals surface area (Å²) < 4.78 is 19.4. The molecule has 3 aliphatic heterocycles. The molecule has 4 heterocycles. The third-order valence-corrected chi connectivity index (χ3v) is 14.5. The minimum atomic E-state index is -1.32. The lowest BCUT2D eigenvalue weighted by Crippen LogP contribution is -2.45. The van der Waals surface area contributed by atoms with Crippen molar-refractivity contribution in [1.29, 1.82) is 0 Å². The number of phenols is 2. The van der Waals surface area contributed by atoms with Crippen molar-refractivity contribution in [1.82, 2.24) is 25.5 Å². The van der Waals surface area contributed by atoms with Gasteiger partial charge in [-0.1, -0.05) is 116 Å². The van der Waals surface area contributed by atoms with Gasteiger partial charge in [-0.05, 0) is 93.3 Å². The third kappa shape index (κ3) is 11.6. The molecule has 9 rings (SSSR count). The third-order valence-electron chi connectivity index (χ3n) is 13.6. The van der Waals surface area contributed by atoms with Gasteiger partial charge in [0.1, 0.15) is 34.6 Å². The molecule has 1 saturated heterocycles. The molecule has 0 unspecified atom stereocenters. The summed E-state index contributed by atoms with van der Waals surface area (Å²) in [5.74, 6) is 5.94. The largest absolute Gasteiger partial charge is 0.508 e. The van der Waals surface area contributed by atoms with Crippen molar-refractivity contribution in [2.75, 3.05) is 26.2 Å².